The fourth-order valence-corrected chi connectivity index (χ4v) is 5.05. The van der Waals surface area contributed by atoms with E-state index in [4.69, 9.17) is 19.2 Å². The van der Waals surface area contributed by atoms with E-state index in [1.165, 1.54) is 12.1 Å². The van der Waals surface area contributed by atoms with Crippen LogP contribution >= 0.6 is 0 Å². The van der Waals surface area contributed by atoms with E-state index in [2.05, 4.69) is 20.9 Å². The van der Waals surface area contributed by atoms with Crippen molar-refractivity contribution in [2.75, 3.05) is 46.6 Å². The van der Waals surface area contributed by atoms with E-state index in [1.54, 1.807) is 25.6 Å². The highest BCUT2D eigenvalue weighted by molar-refractivity contribution is 6.08. The van der Waals surface area contributed by atoms with E-state index in [9.17, 15) is 4.39 Å². The summed E-state index contributed by atoms with van der Waals surface area (Å²) < 4.78 is 31.0. The number of fused-ring (bicyclic) bond motifs is 2. The standard InChI is InChI=1S/C30H29FN4O3/c1-36-26-18-25-23(17-27(26)38-14-4-11-35-12-15-37-16-13-35)30(33-19-32-25)28-22-5-2-3-6-24(22)34-29(28)20-7-9-21(31)10-8-20/h2-3,5-10,17-19,34H,4,11-16H2,1H3. The maximum atomic E-state index is 13.7. The monoisotopic (exact) mass is 512 g/mol. The third-order valence-corrected chi connectivity index (χ3v) is 6.98. The van der Waals surface area contributed by atoms with Gasteiger partial charge in [0, 0.05) is 47.6 Å². The predicted octanol–water partition coefficient (Wildman–Crippen LogP) is 5.69. The van der Waals surface area contributed by atoms with Gasteiger partial charge in [0.05, 0.1) is 43.8 Å². The van der Waals surface area contributed by atoms with Crippen molar-refractivity contribution in [1.82, 2.24) is 19.9 Å². The van der Waals surface area contributed by atoms with Gasteiger partial charge in [-0.25, -0.2) is 14.4 Å². The normalized spacial score (nSPS) is 14.3. The molecule has 6 rings (SSSR count). The van der Waals surface area contributed by atoms with Gasteiger partial charge in [0.15, 0.2) is 11.5 Å². The molecule has 38 heavy (non-hydrogen) atoms. The smallest absolute Gasteiger partial charge is 0.162 e. The van der Waals surface area contributed by atoms with Crippen LogP contribution in [0.5, 0.6) is 11.5 Å². The van der Waals surface area contributed by atoms with E-state index in [0.29, 0.717) is 18.1 Å². The molecule has 0 amide bonds. The van der Waals surface area contributed by atoms with Gasteiger partial charge in [-0.15, -0.1) is 0 Å². The van der Waals surface area contributed by atoms with Crippen molar-refractivity contribution < 1.29 is 18.6 Å². The molecule has 1 saturated heterocycles. The van der Waals surface area contributed by atoms with E-state index < -0.39 is 0 Å². The number of aromatic amines is 1. The molecule has 0 unspecified atom stereocenters. The van der Waals surface area contributed by atoms with E-state index >= 15 is 0 Å². The molecule has 1 fully saturated rings. The molecule has 0 aliphatic carbocycles. The highest BCUT2D eigenvalue weighted by atomic mass is 19.1. The van der Waals surface area contributed by atoms with Gasteiger partial charge in [-0.05, 0) is 48.4 Å². The first-order valence-electron chi connectivity index (χ1n) is 12.8. The molecule has 1 aliphatic heterocycles. The number of nitrogens with one attached hydrogen (secondary N) is 1. The third kappa shape index (κ3) is 4.80. The minimum atomic E-state index is -0.276. The lowest BCUT2D eigenvalue weighted by Gasteiger charge is -2.26. The van der Waals surface area contributed by atoms with Crippen molar-refractivity contribution in [3.8, 4) is 34.0 Å². The largest absolute Gasteiger partial charge is 0.493 e. The Morgan fingerprint density at radius 1 is 0.974 bits per heavy atom. The molecule has 5 aromatic rings. The van der Waals surface area contributed by atoms with Crippen molar-refractivity contribution in [2.45, 2.75) is 6.42 Å². The molecule has 0 radical (unpaired) electrons. The van der Waals surface area contributed by atoms with Gasteiger partial charge < -0.3 is 19.2 Å². The Hall–Kier alpha value is -4.01. The molecule has 0 bridgehead atoms. The molecule has 0 spiro atoms. The van der Waals surface area contributed by atoms with Crippen LogP contribution in [-0.4, -0.2) is 66.4 Å². The van der Waals surface area contributed by atoms with Crippen LogP contribution in [0.3, 0.4) is 0 Å². The highest BCUT2D eigenvalue weighted by Gasteiger charge is 2.20. The molecule has 7 nitrogen and oxygen atoms in total. The molecule has 1 aliphatic rings. The number of aromatic nitrogens is 3. The molecular formula is C30H29FN4O3. The second kappa shape index (κ2) is 10.8. The summed E-state index contributed by atoms with van der Waals surface area (Å²) in [5, 5.41) is 1.88. The van der Waals surface area contributed by atoms with Gasteiger partial charge in [-0.2, -0.15) is 0 Å². The van der Waals surface area contributed by atoms with Gasteiger partial charge in [-0.3, -0.25) is 4.90 Å². The quantitative estimate of drug-likeness (QED) is 0.269. The molecule has 3 aromatic carbocycles. The van der Waals surface area contributed by atoms with Crippen LogP contribution in [0.2, 0.25) is 0 Å². The number of hydrogen-bond acceptors (Lipinski definition) is 6. The zero-order chi connectivity index (χ0) is 25.9. The van der Waals surface area contributed by atoms with Gasteiger partial charge in [0.1, 0.15) is 12.1 Å². The molecule has 1 N–H and O–H groups in total. The number of para-hydroxylation sites is 1. The lowest BCUT2D eigenvalue weighted by Crippen LogP contribution is -2.37. The molecule has 194 valence electrons. The Bertz CT molecular complexity index is 1560. The number of benzene rings is 3. The summed E-state index contributed by atoms with van der Waals surface area (Å²) in [6.45, 7) is 5.02. The summed E-state index contributed by atoms with van der Waals surface area (Å²) in [6.07, 6.45) is 2.46. The molecule has 2 aromatic heterocycles. The zero-order valence-corrected chi connectivity index (χ0v) is 21.2. The number of hydrogen-bond donors (Lipinski definition) is 1. The lowest BCUT2D eigenvalue weighted by atomic mass is 9.99. The Balaban J connectivity index is 1.40. The predicted molar refractivity (Wildman–Crippen MR) is 146 cm³/mol. The van der Waals surface area contributed by atoms with Crippen molar-refractivity contribution >= 4 is 21.8 Å². The Morgan fingerprint density at radius 2 is 1.79 bits per heavy atom. The highest BCUT2D eigenvalue weighted by Crippen LogP contribution is 2.42. The number of methoxy groups -OCH3 is 1. The number of morpholine rings is 1. The van der Waals surface area contributed by atoms with Crippen molar-refractivity contribution in [3.63, 3.8) is 0 Å². The number of H-pyrrole nitrogens is 1. The number of ether oxygens (including phenoxy) is 3. The average Bonchev–Trinajstić information content (AvgIpc) is 3.35. The summed E-state index contributed by atoms with van der Waals surface area (Å²) >= 11 is 0. The van der Waals surface area contributed by atoms with Crippen molar-refractivity contribution in [3.05, 3.63) is 72.8 Å². The summed E-state index contributed by atoms with van der Waals surface area (Å²) in [4.78, 5) is 15.2. The fraction of sp³-hybridized carbons (Fsp3) is 0.267. The van der Waals surface area contributed by atoms with Crippen LogP contribution in [-0.2, 0) is 4.74 Å². The first-order chi connectivity index (χ1) is 18.7. The lowest BCUT2D eigenvalue weighted by molar-refractivity contribution is 0.0357. The van der Waals surface area contributed by atoms with Gasteiger partial charge in [-0.1, -0.05) is 18.2 Å². The average molecular weight is 513 g/mol. The minimum absolute atomic E-state index is 0.276. The molecular weight excluding hydrogens is 483 g/mol. The first-order valence-corrected chi connectivity index (χ1v) is 12.8. The zero-order valence-electron chi connectivity index (χ0n) is 21.2. The Kier molecular flexibility index (Phi) is 6.90. The molecule has 8 heteroatoms. The van der Waals surface area contributed by atoms with Crippen LogP contribution in [0.15, 0.2) is 67.0 Å². The number of rotatable bonds is 8. The Labute approximate surface area is 220 Å². The van der Waals surface area contributed by atoms with Crippen molar-refractivity contribution in [1.29, 1.82) is 0 Å². The third-order valence-electron chi connectivity index (χ3n) is 6.98. The maximum Gasteiger partial charge on any atom is 0.162 e. The summed E-state index contributed by atoms with van der Waals surface area (Å²) in [5.41, 5.74) is 5.17. The second-order valence-electron chi connectivity index (χ2n) is 9.33. The number of halogens is 1. The Morgan fingerprint density at radius 3 is 2.61 bits per heavy atom. The number of nitrogens with zero attached hydrogens (tertiary/aromatic N) is 3. The van der Waals surface area contributed by atoms with Crippen LogP contribution in [0.25, 0.3) is 44.3 Å². The maximum absolute atomic E-state index is 13.7. The van der Waals surface area contributed by atoms with E-state index in [1.807, 2.05) is 30.3 Å². The molecule has 0 atom stereocenters. The van der Waals surface area contributed by atoms with Gasteiger partial charge in [0.2, 0.25) is 0 Å². The summed E-state index contributed by atoms with van der Waals surface area (Å²) in [6, 6.07) is 18.4. The van der Waals surface area contributed by atoms with Crippen LogP contribution < -0.4 is 9.47 Å². The minimum Gasteiger partial charge on any atom is -0.493 e. The second-order valence-corrected chi connectivity index (χ2v) is 9.33. The summed E-state index contributed by atoms with van der Waals surface area (Å²) in [7, 11) is 1.64. The molecule has 3 heterocycles. The topological polar surface area (TPSA) is 72.5 Å². The van der Waals surface area contributed by atoms with Crippen molar-refractivity contribution in [2.24, 2.45) is 0 Å². The van der Waals surface area contributed by atoms with E-state index in [-0.39, 0.29) is 5.82 Å². The molecule has 0 saturated carbocycles. The summed E-state index contributed by atoms with van der Waals surface area (Å²) in [5.74, 6) is 1.01. The van der Waals surface area contributed by atoms with Gasteiger partial charge >= 0.3 is 0 Å². The SMILES string of the molecule is COc1cc2ncnc(-c3c(-c4ccc(F)cc4)[nH]c4ccccc34)c2cc1OCCCN1CCOCC1. The van der Waals surface area contributed by atoms with E-state index in [0.717, 1.165) is 83.6 Å². The van der Waals surface area contributed by atoms with Crippen LogP contribution in [0.1, 0.15) is 6.42 Å². The van der Waals surface area contributed by atoms with Crippen LogP contribution in [0, 0.1) is 5.82 Å². The fourth-order valence-electron chi connectivity index (χ4n) is 5.05. The van der Waals surface area contributed by atoms with Gasteiger partial charge in [0.25, 0.3) is 0 Å². The first kappa shape index (κ1) is 24.3. The van der Waals surface area contributed by atoms with Crippen LogP contribution in [0.4, 0.5) is 4.39 Å².